The van der Waals surface area contributed by atoms with Crippen LogP contribution in [-0.4, -0.2) is 11.0 Å². The zero-order valence-electron chi connectivity index (χ0n) is 7.67. The van der Waals surface area contributed by atoms with Gasteiger partial charge in [-0.15, -0.1) is 0 Å². The lowest BCUT2D eigenvalue weighted by atomic mass is 10.2. The summed E-state index contributed by atoms with van der Waals surface area (Å²) in [4.78, 5) is 9.48. The topological polar surface area (TPSA) is 55.2 Å². The lowest BCUT2D eigenvalue weighted by molar-refractivity contribution is -0.385. The van der Waals surface area contributed by atoms with Gasteiger partial charge in [-0.3, -0.25) is 10.1 Å². The highest BCUT2D eigenvalue weighted by atomic mass is 19.1. The molecule has 1 aliphatic rings. The first-order valence-electron chi connectivity index (χ1n) is 4.48. The van der Waals surface area contributed by atoms with Crippen LogP contribution in [0.2, 0.25) is 0 Å². The van der Waals surface area contributed by atoms with Crippen molar-refractivity contribution in [2.45, 2.75) is 18.9 Å². The molecular weight excluding hydrogens is 206 g/mol. The van der Waals surface area contributed by atoms with Gasteiger partial charge < -0.3 is 5.32 Å². The quantitative estimate of drug-likeness (QED) is 0.621. The molecule has 0 atom stereocenters. The van der Waals surface area contributed by atoms with Crippen LogP contribution in [0.5, 0.6) is 0 Å². The smallest absolute Gasteiger partial charge is 0.275 e. The number of nitro groups is 1. The molecule has 1 N–H and O–H groups in total. The number of halogens is 2. The zero-order valence-corrected chi connectivity index (χ0v) is 7.67. The predicted octanol–water partition coefficient (Wildman–Crippen LogP) is 2.45. The zero-order chi connectivity index (χ0) is 11.0. The molecule has 4 nitrogen and oxygen atoms in total. The molecule has 1 aromatic carbocycles. The third kappa shape index (κ3) is 2.03. The number of hydrogen-bond donors (Lipinski definition) is 1. The number of nitrogens with zero attached hydrogens (tertiary/aromatic N) is 1. The number of hydrogen-bond acceptors (Lipinski definition) is 3. The van der Waals surface area contributed by atoms with E-state index in [4.69, 9.17) is 0 Å². The number of benzene rings is 1. The summed E-state index contributed by atoms with van der Waals surface area (Å²) in [5.74, 6) is -1.85. The molecule has 0 aromatic heterocycles. The molecule has 0 aliphatic heterocycles. The summed E-state index contributed by atoms with van der Waals surface area (Å²) in [6.07, 6.45) is 1.74. The van der Waals surface area contributed by atoms with Crippen LogP contribution in [0.25, 0.3) is 0 Å². The largest absolute Gasteiger partial charge is 0.378 e. The fourth-order valence-electron chi connectivity index (χ4n) is 1.23. The van der Waals surface area contributed by atoms with E-state index in [1.165, 1.54) is 0 Å². The van der Waals surface area contributed by atoms with Crippen molar-refractivity contribution in [1.82, 2.24) is 0 Å². The monoisotopic (exact) mass is 214 g/mol. The van der Waals surface area contributed by atoms with Crippen LogP contribution < -0.4 is 5.32 Å². The Kier molecular flexibility index (Phi) is 2.26. The van der Waals surface area contributed by atoms with E-state index >= 15 is 0 Å². The molecule has 6 heteroatoms. The molecule has 0 radical (unpaired) electrons. The number of rotatable bonds is 3. The van der Waals surface area contributed by atoms with Crippen LogP contribution in [0.4, 0.5) is 20.2 Å². The van der Waals surface area contributed by atoms with Gasteiger partial charge >= 0.3 is 0 Å². The Morgan fingerprint density at radius 2 is 1.87 bits per heavy atom. The summed E-state index contributed by atoms with van der Waals surface area (Å²) in [5, 5.41) is 12.9. The molecule has 80 valence electrons. The normalized spacial score (nSPS) is 15.1. The van der Waals surface area contributed by atoms with Crippen LogP contribution in [0.3, 0.4) is 0 Å². The molecule has 1 fully saturated rings. The summed E-state index contributed by atoms with van der Waals surface area (Å²) in [6.45, 7) is 0. The van der Waals surface area contributed by atoms with E-state index in [0.717, 1.165) is 12.8 Å². The van der Waals surface area contributed by atoms with Crippen molar-refractivity contribution in [3.63, 3.8) is 0 Å². The van der Waals surface area contributed by atoms with E-state index in [2.05, 4.69) is 5.32 Å². The fourth-order valence-corrected chi connectivity index (χ4v) is 1.23. The fraction of sp³-hybridized carbons (Fsp3) is 0.333. The Balaban J connectivity index is 2.34. The second kappa shape index (κ2) is 3.45. The second-order valence-electron chi connectivity index (χ2n) is 3.46. The summed E-state index contributed by atoms with van der Waals surface area (Å²) < 4.78 is 26.5. The molecule has 1 aliphatic carbocycles. The Bertz CT molecular complexity index is 396. The Morgan fingerprint density at radius 3 is 2.27 bits per heavy atom. The van der Waals surface area contributed by atoms with Crippen LogP contribution >= 0.6 is 0 Å². The molecule has 0 unspecified atom stereocenters. The van der Waals surface area contributed by atoms with Crippen LogP contribution in [0, 0.1) is 21.7 Å². The van der Waals surface area contributed by atoms with E-state index in [9.17, 15) is 18.9 Å². The molecule has 0 bridgehead atoms. The number of non-ortho nitro benzene ring substituents is 1. The van der Waals surface area contributed by atoms with Crippen molar-refractivity contribution in [2.75, 3.05) is 5.32 Å². The number of nitrogens with one attached hydrogen (secondary N) is 1. The third-order valence-corrected chi connectivity index (χ3v) is 2.16. The van der Waals surface area contributed by atoms with Crippen molar-refractivity contribution < 1.29 is 13.7 Å². The van der Waals surface area contributed by atoms with Crippen molar-refractivity contribution in [3.8, 4) is 0 Å². The van der Waals surface area contributed by atoms with Gasteiger partial charge in [0, 0.05) is 6.04 Å². The van der Waals surface area contributed by atoms with E-state index < -0.39 is 22.2 Å². The summed E-state index contributed by atoms with van der Waals surface area (Å²) in [7, 11) is 0. The first kappa shape index (κ1) is 9.82. The molecule has 1 aromatic rings. The minimum Gasteiger partial charge on any atom is -0.378 e. The molecule has 0 saturated heterocycles. The third-order valence-electron chi connectivity index (χ3n) is 2.16. The van der Waals surface area contributed by atoms with E-state index in [-0.39, 0.29) is 11.7 Å². The van der Waals surface area contributed by atoms with Gasteiger partial charge in [-0.2, -0.15) is 0 Å². The van der Waals surface area contributed by atoms with Crippen molar-refractivity contribution in [1.29, 1.82) is 0 Å². The number of anilines is 1. The molecular formula is C9H8F2N2O2. The van der Waals surface area contributed by atoms with E-state index in [1.54, 1.807) is 0 Å². The van der Waals surface area contributed by atoms with E-state index in [0.29, 0.717) is 12.1 Å². The maximum absolute atomic E-state index is 13.3. The summed E-state index contributed by atoms with van der Waals surface area (Å²) in [6, 6.07) is 1.53. The summed E-state index contributed by atoms with van der Waals surface area (Å²) >= 11 is 0. The van der Waals surface area contributed by atoms with Gasteiger partial charge in [0.2, 0.25) is 0 Å². The average molecular weight is 214 g/mol. The predicted molar refractivity (Wildman–Crippen MR) is 49.7 cm³/mol. The van der Waals surface area contributed by atoms with Gasteiger partial charge in [-0.1, -0.05) is 0 Å². The lowest BCUT2D eigenvalue weighted by Crippen LogP contribution is -2.06. The van der Waals surface area contributed by atoms with E-state index in [1.807, 2.05) is 0 Å². The Labute approximate surface area is 84.1 Å². The highest BCUT2D eigenvalue weighted by Gasteiger charge is 2.25. The molecule has 15 heavy (non-hydrogen) atoms. The highest BCUT2D eigenvalue weighted by molar-refractivity contribution is 5.52. The van der Waals surface area contributed by atoms with Crippen LogP contribution in [0.1, 0.15) is 12.8 Å². The number of nitro benzene ring substituents is 1. The minimum atomic E-state index is -0.923. The van der Waals surface area contributed by atoms with Gasteiger partial charge in [-0.25, -0.2) is 8.78 Å². The van der Waals surface area contributed by atoms with Gasteiger partial charge in [0.05, 0.1) is 17.1 Å². The Hall–Kier alpha value is -1.72. The average Bonchev–Trinajstić information content (AvgIpc) is 2.94. The van der Waals surface area contributed by atoms with Gasteiger partial charge in [0.15, 0.2) is 11.6 Å². The van der Waals surface area contributed by atoms with Crippen LogP contribution in [0.15, 0.2) is 12.1 Å². The van der Waals surface area contributed by atoms with Crippen molar-refractivity contribution >= 4 is 11.4 Å². The lowest BCUT2D eigenvalue weighted by Gasteiger charge is -2.06. The minimum absolute atomic E-state index is 0.0930. The molecule has 0 heterocycles. The standard InChI is InChI=1S/C9H8F2N2O2/c10-7-3-6(13(14)15)4-8(11)9(7)12-5-1-2-5/h3-5,12H,1-2H2. The van der Waals surface area contributed by atoms with Crippen molar-refractivity contribution in [2.24, 2.45) is 0 Å². The van der Waals surface area contributed by atoms with Gasteiger partial charge in [0.25, 0.3) is 5.69 Å². The van der Waals surface area contributed by atoms with Gasteiger partial charge in [-0.05, 0) is 12.8 Å². The Morgan fingerprint density at radius 1 is 1.33 bits per heavy atom. The summed E-state index contributed by atoms with van der Waals surface area (Å²) in [5.41, 5.74) is -0.852. The molecule has 1 saturated carbocycles. The first-order chi connectivity index (χ1) is 7.08. The maximum Gasteiger partial charge on any atom is 0.275 e. The second-order valence-corrected chi connectivity index (χ2v) is 3.46. The maximum atomic E-state index is 13.3. The van der Waals surface area contributed by atoms with Crippen molar-refractivity contribution in [3.05, 3.63) is 33.9 Å². The van der Waals surface area contributed by atoms with Crippen LogP contribution in [-0.2, 0) is 0 Å². The first-order valence-corrected chi connectivity index (χ1v) is 4.48. The molecule has 0 amide bonds. The molecule has 0 spiro atoms. The SMILES string of the molecule is O=[N+]([O-])c1cc(F)c(NC2CC2)c(F)c1. The highest BCUT2D eigenvalue weighted by Crippen LogP contribution is 2.30. The van der Waals surface area contributed by atoms with Gasteiger partial charge in [0.1, 0.15) is 5.69 Å². The molecule has 2 rings (SSSR count).